The fraction of sp³-hybridized carbons (Fsp3) is 0.125. The minimum atomic E-state index is -0.453. The highest BCUT2D eigenvalue weighted by Gasteiger charge is 2.04. The van der Waals surface area contributed by atoms with E-state index in [2.05, 4.69) is 0 Å². The molecule has 0 heterocycles. The van der Waals surface area contributed by atoms with Crippen molar-refractivity contribution in [3.63, 3.8) is 0 Å². The van der Waals surface area contributed by atoms with Crippen molar-refractivity contribution in [2.24, 2.45) is 5.73 Å². The van der Waals surface area contributed by atoms with E-state index in [0.29, 0.717) is 12.1 Å². The Hall–Kier alpha value is -0.860. The summed E-state index contributed by atoms with van der Waals surface area (Å²) in [4.78, 5) is 10.7. The van der Waals surface area contributed by atoms with Crippen molar-refractivity contribution in [1.29, 1.82) is 0 Å². The standard InChI is InChI=1S/C8H8ClNO/c9-8(11)7-4-2-1-3-6(7)5-10/h1-4H,5,10H2. The third kappa shape index (κ3) is 1.79. The molecule has 0 amide bonds. The van der Waals surface area contributed by atoms with Gasteiger partial charge in [-0.3, -0.25) is 4.79 Å². The lowest BCUT2D eigenvalue weighted by atomic mass is 10.1. The largest absolute Gasteiger partial charge is 0.326 e. The van der Waals surface area contributed by atoms with Gasteiger partial charge in [-0.15, -0.1) is 0 Å². The van der Waals surface area contributed by atoms with E-state index < -0.39 is 5.24 Å². The number of carbonyl (C=O) groups is 1. The van der Waals surface area contributed by atoms with Crippen LogP contribution in [-0.4, -0.2) is 5.24 Å². The topological polar surface area (TPSA) is 43.1 Å². The minimum Gasteiger partial charge on any atom is -0.326 e. The van der Waals surface area contributed by atoms with Crippen LogP contribution in [0.15, 0.2) is 24.3 Å². The molecule has 0 aromatic heterocycles. The number of benzene rings is 1. The van der Waals surface area contributed by atoms with Crippen molar-refractivity contribution in [3.8, 4) is 0 Å². The SMILES string of the molecule is NCc1ccccc1C(=O)Cl. The zero-order valence-corrected chi connectivity index (χ0v) is 6.64. The van der Waals surface area contributed by atoms with Crippen LogP contribution in [0.4, 0.5) is 0 Å². The smallest absolute Gasteiger partial charge is 0.252 e. The van der Waals surface area contributed by atoms with Crippen LogP contribution in [0, 0.1) is 0 Å². The third-order valence-corrected chi connectivity index (χ3v) is 1.65. The van der Waals surface area contributed by atoms with Gasteiger partial charge in [0.25, 0.3) is 5.24 Å². The molecule has 0 fully saturated rings. The normalized spacial score (nSPS) is 9.64. The van der Waals surface area contributed by atoms with E-state index in [1.807, 2.05) is 6.07 Å². The van der Waals surface area contributed by atoms with E-state index in [4.69, 9.17) is 17.3 Å². The maximum absolute atomic E-state index is 10.7. The fourth-order valence-corrected chi connectivity index (χ4v) is 1.07. The predicted octanol–water partition coefficient (Wildman–Crippen LogP) is 1.52. The first kappa shape index (κ1) is 8.24. The average Bonchev–Trinajstić information content (AvgIpc) is 2.04. The molecule has 58 valence electrons. The molecule has 0 spiro atoms. The number of hydrogen-bond donors (Lipinski definition) is 1. The molecule has 0 atom stereocenters. The van der Waals surface area contributed by atoms with Crippen LogP contribution < -0.4 is 5.73 Å². The summed E-state index contributed by atoms with van der Waals surface area (Å²) in [6.07, 6.45) is 0. The van der Waals surface area contributed by atoms with Crippen molar-refractivity contribution >= 4 is 16.8 Å². The van der Waals surface area contributed by atoms with Crippen LogP contribution in [0.2, 0.25) is 0 Å². The number of halogens is 1. The van der Waals surface area contributed by atoms with Crippen LogP contribution in [0.1, 0.15) is 15.9 Å². The van der Waals surface area contributed by atoms with Gasteiger partial charge in [0.1, 0.15) is 0 Å². The Morgan fingerprint density at radius 2 is 2.09 bits per heavy atom. The van der Waals surface area contributed by atoms with E-state index in [9.17, 15) is 4.79 Å². The Balaban J connectivity index is 3.12. The molecule has 1 aromatic carbocycles. The summed E-state index contributed by atoms with van der Waals surface area (Å²) in [5.41, 5.74) is 6.66. The monoisotopic (exact) mass is 169 g/mol. The quantitative estimate of drug-likeness (QED) is 0.683. The summed E-state index contributed by atoms with van der Waals surface area (Å²) in [6, 6.07) is 7.04. The summed E-state index contributed by atoms with van der Waals surface area (Å²) < 4.78 is 0. The third-order valence-electron chi connectivity index (χ3n) is 1.45. The maximum Gasteiger partial charge on any atom is 0.252 e. The van der Waals surface area contributed by atoms with Gasteiger partial charge >= 0.3 is 0 Å². The minimum absolute atomic E-state index is 0.342. The molecule has 0 saturated heterocycles. The highest BCUT2D eigenvalue weighted by Crippen LogP contribution is 2.09. The molecule has 0 unspecified atom stereocenters. The van der Waals surface area contributed by atoms with E-state index in [-0.39, 0.29) is 0 Å². The van der Waals surface area contributed by atoms with Gasteiger partial charge in [0.05, 0.1) is 0 Å². The molecule has 1 aromatic rings. The molecule has 0 saturated carbocycles. The van der Waals surface area contributed by atoms with Crippen molar-refractivity contribution in [3.05, 3.63) is 35.4 Å². The number of nitrogens with two attached hydrogens (primary N) is 1. The summed E-state index contributed by atoms with van der Waals surface area (Å²) >= 11 is 5.29. The Labute approximate surface area is 70.0 Å². The lowest BCUT2D eigenvalue weighted by Crippen LogP contribution is -2.02. The average molecular weight is 170 g/mol. The molecular formula is C8H8ClNO. The molecule has 2 nitrogen and oxygen atoms in total. The van der Waals surface area contributed by atoms with Gasteiger partial charge < -0.3 is 5.73 Å². The van der Waals surface area contributed by atoms with Crippen LogP contribution in [0.3, 0.4) is 0 Å². The molecule has 2 N–H and O–H groups in total. The first-order chi connectivity index (χ1) is 5.25. The summed E-state index contributed by atoms with van der Waals surface area (Å²) in [5, 5.41) is -0.453. The fourth-order valence-electron chi connectivity index (χ4n) is 0.890. The molecule has 0 bridgehead atoms. The Morgan fingerprint density at radius 3 is 2.55 bits per heavy atom. The number of hydrogen-bond acceptors (Lipinski definition) is 2. The van der Waals surface area contributed by atoms with Crippen LogP contribution in [0.25, 0.3) is 0 Å². The van der Waals surface area contributed by atoms with E-state index in [1.165, 1.54) is 0 Å². The van der Waals surface area contributed by atoms with Crippen molar-refractivity contribution < 1.29 is 4.79 Å². The van der Waals surface area contributed by atoms with Crippen molar-refractivity contribution in [2.75, 3.05) is 0 Å². The van der Waals surface area contributed by atoms with Crippen LogP contribution in [0.5, 0.6) is 0 Å². The van der Waals surface area contributed by atoms with Gasteiger partial charge in [0.15, 0.2) is 0 Å². The van der Waals surface area contributed by atoms with E-state index >= 15 is 0 Å². The van der Waals surface area contributed by atoms with Gasteiger partial charge in [0.2, 0.25) is 0 Å². The van der Waals surface area contributed by atoms with Crippen molar-refractivity contribution in [1.82, 2.24) is 0 Å². The molecular weight excluding hydrogens is 162 g/mol. The zero-order chi connectivity index (χ0) is 8.27. The molecule has 0 radical (unpaired) electrons. The molecule has 3 heteroatoms. The second kappa shape index (κ2) is 3.51. The summed E-state index contributed by atoms with van der Waals surface area (Å²) in [6.45, 7) is 0.342. The second-order valence-corrected chi connectivity index (χ2v) is 2.48. The Morgan fingerprint density at radius 1 is 1.45 bits per heavy atom. The van der Waals surface area contributed by atoms with Crippen molar-refractivity contribution in [2.45, 2.75) is 6.54 Å². The van der Waals surface area contributed by atoms with Gasteiger partial charge in [0, 0.05) is 12.1 Å². The number of rotatable bonds is 2. The van der Waals surface area contributed by atoms with E-state index in [1.54, 1.807) is 18.2 Å². The highest BCUT2D eigenvalue weighted by molar-refractivity contribution is 6.67. The summed E-state index contributed by atoms with van der Waals surface area (Å²) in [7, 11) is 0. The molecule has 0 aliphatic carbocycles. The zero-order valence-electron chi connectivity index (χ0n) is 5.88. The number of carbonyl (C=O) groups excluding carboxylic acids is 1. The van der Waals surface area contributed by atoms with Crippen LogP contribution >= 0.6 is 11.6 Å². The first-order valence-corrected chi connectivity index (χ1v) is 3.61. The maximum atomic E-state index is 10.7. The Kier molecular flexibility index (Phi) is 2.63. The predicted molar refractivity (Wildman–Crippen MR) is 44.5 cm³/mol. The first-order valence-electron chi connectivity index (χ1n) is 3.23. The lowest BCUT2D eigenvalue weighted by Gasteiger charge is -2.00. The molecule has 0 aliphatic rings. The summed E-state index contributed by atoms with van der Waals surface area (Å²) in [5.74, 6) is 0. The van der Waals surface area contributed by atoms with Gasteiger partial charge in [-0.05, 0) is 23.2 Å². The Bertz CT molecular complexity index is 273. The van der Waals surface area contributed by atoms with E-state index in [0.717, 1.165) is 5.56 Å². The van der Waals surface area contributed by atoms with Gasteiger partial charge in [-0.1, -0.05) is 18.2 Å². The van der Waals surface area contributed by atoms with Gasteiger partial charge in [-0.25, -0.2) is 0 Å². The molecule has 1 rings (SSSR count). The van der Waals surface area contributed by atoms with Gasteiger partial charge in [-0.2, -0.15) is 0 Å². The lowest BCUT2D eigenvalue weighted by molar-refractivity contribution is 0.108. The second-order valence-electron chi connectivity index (χ2n) is 2.13. The van der Waals surface area contributed by atoms with Crippen LogP contribution in [-0.2, 0) is 6.54 Å². The molecule has 0 aliphatic heterocycles. The highest BCUT2D eigenvalue weighted by atomic mass is 35.5. The molecule has 11 heavy (non-hydrogen) atoms.